The fraction of sp³-hybridized carbons (Fsp3) is 0.467. The summed E-state index contributed by atoms with van der Waals surface area (Å²) in [5, 5.41) is 0. The van der Waals surface area contributed by atoms with Gasteiger partial charge in [-0.3, -0.25) is 9.59 Å². The predicted molar refractivity (Wildman–Crippen MR) is 72.0 cm³/mol. The Labute approximate surface area is 117 Å². The SMILES string of the molecule is CCCCOC(=O)CCC(=O)c1ccc2c(c1)OCO2. The average Bonchev–Trinajstić information content (AvgIpc) is 2.92. The van der Waals surface area contributed by atoms with Crippen molar-refractivity contribution in [1.29, 1.82) is 0 Å². The minimum absolute atomic E-state index is 0.101. The number of esters is 1. The average molecular weight is 278 g/mol. The lowest BCUT2D eigenvalue weighted by Gasteiger charge is -2.04. The van der Waals surface area contributed by atoms with Gasteiger partial charge < -0.3 is 14.2 Å². The third-order valence-corrected chi connectivity index (χ3v) is 3.01. The fourth-order valence-corrected chi connectivity index (χ4v) is 1.83. The maximum atomic E-state index is 12.0. The first-order chi connectivity index (χ1) is 9.70. The van der Waals surface area contributed by atoms with Crippen molar-refractivity contribution in [2.45, 2.75) is 32.6 Å². The van der Waals surface area contributed by atoms with Gasteiger partial charge in [0, 0.05) is 12.0 Å². The molecule has 0 saturated heterocycles. The summed E-state index contributed by atoms with van der Waals surface area (Å²) in [5.41, 5.74) is 0.524. The van der Waals surface area contributed by atoms with Crippen LogP contribution in [0.15, 0.2) is 18.2 Å². The zero-order valence-corrected chi connectivity index (χ0v) is 11.5. The Morgan fingerprint density at radius 3 is 2.80 bits per heavy atom. The van der Waals surface area contributed by atoms with Crippen LogP contribution >= 0.6 is 0 Å². The van der Waals surface area contributed by atoms with Crippen molar-refractivity contribution in [2.75, 3.05) is 13.4 Å². The summed E-state index contributed by atoms with van der Waals surface area (Å²) < 4.78 is 15.4. The first-order valence-corrected chi connectivity index (χ1v) is 6.79. The van der Waals surface area contributed by atoms with Crippen molar-refractivity contribution in [3.8, 4) is 11.5 Å². The predicted octanol–water partition coefficient (Wildman–Crippen LogP) is 2.72. The van der Waals surface area contributed by atoms with Crippen LogP contribution in [-0.4, -0.2) is 25.2 Å². The fourth-order valence-electron chi connectivity index (χ4n) is 1.83. The molecular weight excluding hydrogens is 260 g/mol. The van der Waals surface area contributed by atoms with Gasteiger partial charge in [-0.05, 0) is 24.6 Å². The summed E-state index contributed by atoms with van der Waals surface area (Å²) >= 11 is 0. The van der Waals surface area contributed by atoms with Gasteiger partial charge in [0.05, 0.1) is 13.0 Å². The molecule has 0 aliphatic carbocycles. The molecule has 5 nitrogen and oxygen atoms in total. The molecule has 1 aliphatic heterocycles. The molecule has 0 radical (unpaired) electrons. The molecule has 20 heavy (non-hydrogen) atoms. The maximum Gasteiger partial charge on any atom is 0.306 e. The van der Waals surface area contributed by atoms with E-state index in [0.29, 0.717) is 23.7 Å². The normalized spacial score (nSPS) is 12.2. The van der Waals surface area contributed by atoms with E-state index in [4.69, 9.17) is 14.2 Å². The summed E-state index contributed by atoms with van der Waals surface area (Å²) in [6.45, 7) is 2.63. The number of fused-ring (bicyclic) bond motifs is 1. The summed E-state index contributed by atoms with van der Waals surface area (Å²) in [5.74, 6) is 0.783. The number of ether oxygens (including phenoxy) is 3. The van der Waals surface area contributed by atoms with Gasteiger partial charge in [0.2, 0.25) is 6.79 Å². The first-order valence-electron chi connectivity index (χ1n) is 6.79. The molecule has 1 aromatic carbocycles. The quantitative estimate of drug-likeness (QED) is 0.436. The highest BCUT2D eigenvalue weighted by atomic mass is 16.7. The lowest BCUT2D eigenvalue weighted by atomic mass is 10.1. The summed E-state index contributed by atoms with van der Waals surface area (Å²) in [6.07, 6.45) is 2.08. The lowest BCUT2D eigenvalue weighted by Crippen LogP contribution is -2.09. The molecule has 2 rings (SSSR count). The van der Waals surface area contributed by atoms with Crippen LogP contribution in [0.25, 0.3) is 0 Å². The third kappa shape index (κ3) is 3.73. The van der Waals surface area contributed by atoms with Crippen LogP contribution in [0.5, 0.6) is 11.5 Å². The van der Waals surface area contributed by atoms with Crippen LogP contribution in [-0.2, 0) is 9.53 Å². The highest BCUT2D eigenvalue weighted by Gasteiger charge is 2.17. The highest BCUT2D eigenvalue weighted by molar-refractivity contribution is 5.98. The van der Waals surface area contributed by atoms with Gasteiger partial charge in [-0.1, -0.05) is 13.3 Å². The summed E-state index contributed by atoms with van der Waals surface area (Å²) in [4.78, 5) is 23.4. The maximum absolute atomic E-state index is 12.0. The minimum Gasteiger partial charge on any atom is -0.466 e. The molecule has 0 unspecified atom stereocenters. The molecule has 0 N–H and O–H groups in total. The van der Waals surface area contributed by atoms with Crippen molar-refractivity contribution in [3.63, 3.8) is 0 Å². The van der Waals surface area contributed by atoms with Crippen molar-refractivity contribution in [2.24, 2.45) is 0 Å². The number of hydrogen-bond donors (Lipinski definition) is 0. The second kappa shape index (κ2) is 6.93. The van der Waals surface area contributed by atoms with Crippen molar-refractivity contribution in [3.05, 3.63) is 23.8 Å². The Kier molecular flexibility index (Phi) is 4.98. The highest BCUT2D eigenvalue weighted by Crippen LogP contribution is 2.32. The van der Waals surface area contributed by atoms with E-state index in [0.717, 1.165) is 12.8 Å². The Bertz CT molecular complexity index is 495. The third-order valence-electron chi connectivity index (χ3n) is 3.01. The molecule has 0 bridgehead atoms. The second-order valence-electron chi connectivity index (χ2n) is 4.57. The Morgan fingerprint density at radius 1 is 1.20 bits per heavy atom. The van der Waals surface area contributed by atoms with Gasteiger partial charge >= 0.3 is 5.97 Å². The molecule has 1 aromatic rings. The molecule has 0 saturated carbocycles. The van der Waals surface area contributed by atoms with E-state index in [1.54, 1.807) is 18.2 Å². The van der Waals surface area contributed by atoms with Crippen molar-refractivity contribution < 1.29 is 23.8 Å². The number of ketones is 1. The van der Waals surface area contributed by atoms with E-state index in [1.165, 1.54) is 0 Å². The van der Waals surface area contributed by atoms with Gasteiger partial charge in [0.25, 0.3) is 0 Å². The molecule has 0 atom stereocenters. The zero-order valence-electron chi connectivity index (χ0n) is 11.5. The number of rotatable bonds is 7. The molecule has 0 spiro atoms. The van der Waals surface area contributed by atoms with Crippen LogP contribution < -0.4 is 9.47 Å². The first kappa shape index (κ1) is 14.4. The van der Waals surface area contributed by atoms with E-state index in [-0.39, 0.29) is 31.4 Å². The molecule has 1 aliphatic rings. The van der Waals surface area contributed by atoms with Crippen molar-refractivity contribution >= 4 is 11.8 Å². The van der Waals surface area contributed by atoms with Crippen LogP contribution in [0, 0.1) is 0 Å². The van der Waals surface area contributed by atoms with Gasteiger partial charge in [-0.25, -0.2) is 0 Å². The van der Waals surface area contributed by atoms with E-state index in [1.807, 2.05) is 6.92 Å². The van der Waals surface area contributed by atoms with E-state index in [9.17, 15) is 9.59 Å². The monoisotopic (exact) mass is 278 g/mol. The zero-order chi connectivity index (χ0) is 14.4. The molecule has 5 heteroatoms. The topological polar surface area (TPSA) is 61.8 Å². The van der Waals surface area contributed by atoms with E-state index >= 15 is 0 Å². The summed E-state index contributed by atoms with van der Waals surface area (Å²) in [7, 11) is 0. The van der Waals surface area contributed by atoms with Crippen LogP contribution in [0.3, 0.4) is 0 Å². The largest absolute Gasteiger partial charge is 0.466 e. The van der Waals surface area contributed by atoms with Crippen LogP contribution in [0.4, 0.5) is 0 Å². The van der Waals surface area contributed by atoms with Gasteiger partial charge in [-0.15, -0.1) is 0 Å². The molecule has 0 amide bonds. The Morgan fingerprint density at radius 2 is 2.00 bits per heavy atom. The number of unbranched alkanes of at least 4 members (excludes halogenated alkanes) is 1. The number of Topliss-reactive ketones (excluding diaryl/α,β-unsaturated/α-hetero) is 1. The second-order valence-corrected chi connectivity index (χ2v) is 4.57. The molecule has 0 fully saturated rings. The molecule has 1 heterocycles. The van der Waals surface area contributed by atoms with Gasteiger partial charge in [-0.2, -0.15) is 0 Å². The minimum atomic E-state index is -0.326. The van der Waals surface area contributed by atoms with E-state index in [2.05, 4.69) is 0 Å². The lowest BCUT2D eigenvalue weighted by molar-refractivity contribution is -0.143. The molecular formula is C15H18O5. The molecule has 0 aromatic heterocycles. The number of carbonyl (C=O) groups excluding carboxylic acids is 2. The van der Waals surface area contributed by atoms with Crippen molar-refractivity contribution in [1.82, 2.24) is 0 Å². The van der Waals surface area contributed by atoms with Crippen LogP contribution in [0.1, 0.15) is 43.0 Å². The Balaban J connectivity index is 1.81. The Hall–Kier alpha value is -2.04. The number of benzene rings is 1. The summed E-state index contributed by atoms with van der Waals surface area (Å²) in [6, 6.07) is 5.03. The standard InChI is InChI=1S/C15H18O5/c1-2-3-8-18-15(17)7-5-12(16)11-4-6-13-14(9-11)20-10-19-13/h4,6,9H,2-3,5,7-8,10H2,1H3. The van der Waals surface area contributed by atoms with Gasteiger partial charge in [0.15, 0.2) is 17.3 Å². The van der Waals surface area contributed by atoms with Crippen LogP contribution in [0.2, 0.25) is 0 Å². The number of carbonyl (C=O) groups is 2. The molecule has 108 valence electrons. The van der Waals surface area contributed by atoms with E-state index < -0.39 is 0 Å². The smallest absolute Gasteiger partial charge is 0.306 e. The van der Waals surface area contributed by atoms with Gasteiger partial charge in [0.1, 0.15) is 0 Å². The number of hydrogen-bond acceptors (Lipinski definition) is 5.